The highest BCUT2D eigenvalue weighted by Crippen LogP contribution is 2.17. The van der Waals surface area contributed by atoms with E-state index in [2.05, 4.69) is 12.2 Å². The lowest BCUT2D eigenvalue weighted by Crippen LogP contribution is -2.28. The number of phenols is 1. The molecule has 1 aromatic carbocycles. The highest BCUT2D eigenvalue weighted by molar-refractivity contribution is 5.28. The molecule has 0 aromatic heterocycles. The van der Waals surface area contributed by atoms with Crippen molar-refractivity contribution in [2.75, 3.05) is 13.7 Å². The second-order valence-electron chi connectivity index (χ2n) is 3.77. The monoisotopic (exact) mass is 209 g/mol. The van der Waals surface area contributed by atoms with E-state index in [9.17, 15) is 5.11 Å². The summed E-state index contributed by atoms with van der Waals surface area (Å²) >= 11 is 0. The Bertz CT molecular complexity index is 301. The third kappa shape index (κ3) is 3.90. The molecule has 3 nitrogen and oxygen atoms in total. The highest BCUT2D eigenvalue weighted by Gasteiger charge is 2.07. The van der Waals surface area contributed by atoms with Gasteiger partial charge in [-0.25, -0.2) is 0 Å². The first-order chi connectivity index (χ1) is 7.13. The minimum atomic E-state index is 0.199. The number of nitrogens with one attached hydrogen (secondary N) is 1. The second-order valence-corrected chi connectivity index (χ2v) is 3.77. The number of aromatic hydroxyl groups is 1. The summed E-state index contributed by atoms with van der Waals surface area (Å²) in [5, 5.41) is 12.7. The number of rotatable bonds is 5. The fraction of sp³-hybridized carbons (Fsp3) is 0.500. The smallest absolute Gasteiger partial charge is 0.115 e. The SMILES string of the molecule is COC(C)CNC(C)c1cccc(O)c1. The molecule has 0 bridgehead atoms. The Kier molecular flexibility index (Phi) is 4.59. The van der Waals surface area contributed by atoms with Crippen LogP contribution in [-0.2, 0) is 4.74 Å². The molecule has 2 unspecified atom stereocenters. The van der Waals surface area contributed by atoms with Gasteiger partial charge < -0.3 is 15.2 Å². The van der Waals surface area contributed by atoms with E-state index < -0.39 is 0 Å². The molecule has 84 valence electrons. The average Bonchev–Trinajstić information content (AvgIpc) is 2.25. The van der Waals surface area contributed by atoms with Crippen LogP contribution in [-0.4, -0.2) is 24.9 Å². The standard InChI is InChI=1S/C12H19NO2/c1-9(15-3)8-13-10(2)11-5-4-6-12(14)7-11/h4-7,9-10,13-14H,8H2,1-3H3. The van der Waals surface area contributed by atoms with E-state index in [0.717, 1.165) is 12.1 Å². The molecule has 0 saturated heterocycles. The molecule has 2 atom stereocenters. The van der Waals surface area contributed by atoms with Crippen molar-refractivity contribution >= 4 is 0 Å². The molecular weight excluding hydrogens is 190 g/mol. The van der Waals surface area contributed by atoms with Gasteiger partial charge in [-0.05, 0) is 31.5 Å². The molecular formula is C12H19NO2. The third-order valence-corrected chi connectivity index (χ3v) is 2.48. The summed E-state index contributed by atoms with van der Waals surface area (Å²) in [6.07, 6.45) is 0.199. The quantitative estimate of drug-likeness (QED) is 0.780. The molecule has 0 aliphatic carbocycles. The Balaban J connectivity index is 2.50. The van der Waals surface area contributed by atoms with Crippen molar-refractivity contribution in [2.24, 2.45) is 0 Å². The number of methoxy groups -OCH3 is 1. The Labute approximate surface area is 91.1 Å². The van der Waals surface area contributed by atoms with Crippen molar-refractivity contribution in [3.8, 4) is 5.75 Å². The number of benzene rings is 1. The average molecular weight is 209 g/mol. The Morgan fingerprint density at radius 3 is 2.73 bits per heavy atom. The molecule has 0 aliphatic rings. The molecule has 0 saturated carbocycles. The maximum absolute atomic E-state index is 9.33. The lowest BCUT2D eigenvalue weighted by atomic mass is 10.1. The van der Waals surface area contributed by atoms with Gasteiger partial charge in [-0.1, -0.05) is 12.1 Å². The fourth-order valence-electron chi connectivity index (χ4n) is 1.34. The topological polar surface area (TPSA) is 41.5 Å². The van der Waals surface area contributed by atoms with E-state index in [1.807, 2.05) is 19.1 Å². The van der Waals surface area contributed by atoms with Crippen LogP contribution in [0.5, 0.6) is 5.75 Å². The summed E-state index contributed by atoms with van der Waals surface area (Å²) in [7, 11) is 1.70. The number of phenolic OH excluding ortho intramolecular Hbond substituents is 1. The Morgan fingerprint density at radius 1 is 1.40 bits per heavy atom. The largest absolute Gasteiger partial charge is 0.508 e. The third-order valence-electron chi connectivity index (χ3n) is 2.48. The highest BCUT2D eigenvalue weighted by atomic mass is 16.5. The molecule has 0 aliphatic heterocycles. The van der Waals surface area contributed by atoms with Crippen LogP contribution in [0.25, 0.3) is 0 Å². The minimum absolute atomic E-state index is 0.199. The van der Waals surface area contributed by atoms with Crippen molar-refractivity contribution in [3.63, 3.8) is 0 Å². The van der Waals surface area contributed by atoms with Gasteiger partial charge in [0, 0.05) is 19.7 Å². The molecule has 3 heteroatoms. The Hall–Kier alpha value is -1.06. The summed E-state index contributed by atoms with van der Waals surface area (Å²) in [6, 6.07) is 7.51. The molecule has 0 fully saturated rings. The van der Waals surface area contributed by atoms with E-state index >= 15 is 0 Å². The predicted octanol–water partition coefficient (Wildman–Crippen LogP) is 2.08. The summed E-state index contributed by atoms with van der Waals surface area (Å²) in [6.45, 7) is 4.88. The fourth-order valence-corrected chi connectivity index (χ4v) is 1.34. The summed E-state index contributed by atoms with van der Waals surface area (Å²) in [4.78, 5) is 0. The van der Waals surface area contributed by atoms with Crippen molar-refractivity contribution < 1.29 is 9.84 Å². The minimum Gasteiger partial charge on any atom is -0.508 e. The zero-order valence-corrected chi connectivity index (χ0v) is 9.53. The normalized spacial score (nSPS) is 14.9. The van der Waals surface area contributed by atoms with Crippen molar-refractivity contribution in [2.45, 2.75) is 26.0 Å². The molecule has 1 aromatic rings. The van der Waals surface area contributed by atoms with Crippen LogP contribution in [0.4, 0.5) is 0 Å². The van der Waals surface area contributed by atoms with Crippen LogP contribution in [0.1, 0.15) is 25.5 Å². The van der Waals surface area contributed by atoms with Crippen molar-refractivity contribution in [1.82, 2.24) is 5.32 Å². The molecule has 15 heavy (non-hydrogen) atoms. The van der Waals surface area contributed by atoms with E-state index in [1.54, 1.807) is 19.2 Å². The zero-order chi connectivity index (χ0) is 11.3. The second kappa shape index (κ2) is 5.73. The van der Waals surface area contributed by atoms with E-state index in [0.29, 0.717) is 5.75 Å². The maximum atomic E-state index is 9.33. The lowest BCUT2D eigenvalue weighted by molar-refractivity contribution is 0.115. The van der Waals surface area contributed by atoms with Crippen LogP contribution in [0.2, 0.25) is 0 Å². The van der Waals surface area contributed by atoms with Crippen molar-refractivity contribution in [1.29, 1.82) is 0 Å². The van der Waals surface area contributed by atoms with Gasteiger partial charge in [-0.2, -0.15) is 0 Å². The number of hydrogen-bond acceptors (Lipinski definition) is 3. The first kappa shape index (κ1) is 12.0. The van der Waals surface area contributed by atoms with Crippen molar-refractivity contribution in [3.05, 3.63) is 29.8 Å². The Morgan fingerprint density at radius 2 is 2.13 bits per heavy atom. The lowest BCUT2D eigenvalue weighted by Gasteiger charge is -2.17. The predicted molar refractivity (Wildman–Crippen MR) is 61.0 cm³/mol. The van der Waals surface area contributed by atoms with Crippen LogP contribution in [0, 0.1) is 0 Å². The molecule has 1 rings (SSSR count). The summed E-state index contributed by atoms with van der Waals surface area (Å²) < 4.78 is 5.15. The zero-order valence-electron chi connectivity index (χ0n) is 9.53. The maximum Gasteiger partial charge on any atom is 0.115 e. The molecule has 0 amide bonds. The van der Waals surface area contributed by atoms with Gasteiger partial charge in [0.1, 0.15) is 5.75 Å². The number of hydrogen-bond donors (Lipinski definition) is 2. The van der Waals surface area contributed by atoms with Gasteiger partial charge in [-0.3, -0.25) is 0 Å². The first-order valence-electron chi connectivity index (χ1n) is 5.18. The van der Waals surface area contributed by atoms with Crippen LogP contribution in [0.3, 0.4) is 0 Å². The van der Waals surface area contributed by atoms with E-state index in [4.69, 9.17) is 4.74 Å². The molecule has 0 heterocycles. The van der Waals surface area contributed by atoms with Gasteiger partial charge in [0.2, 0.25) is 0 Å². The van der Waals surface area contributed by atoms with Crippen LogP contribution < -0.4 is 5.32 Å². The molecule has 2 N–H and O–H groups in total. The number of ether oxygens (including phenoxy) is 1. The van der Waals surface area contributed by atoms with Gasteiger partial charge >= 0.3 is 0 Å². The summed E-state index contributed by atoms with van der Waals surface area (Å²) in [5.41, 5.74) is 1.08. The van der Waals surface area contributed by atoms with E-state index in [-0.39, 0.29) is 12.1 Å². The van der Waals surface area contributed by atoms with Crippen LogP contribution >= 0.6 is 0 Å². The summed E-state index contributed by atoms with van der Waals surface area (Å²) in [5.74, 6) is 0.306. The van der Waals surface area contributed by atoms with Gasteiger partial charge in [0.25, 0.3) is 0 Å². The molecule has 0 spiro atoms. The van der Waals surface area contributed by atoms with Gasteiger partial charge in [0.05, 0.1) is 6.10 Å². The van der Waals surface area contributed by atoms with Gasteiger partial charge in [-0.15, -0.1) is 0 Å². The van der Waals surface area contributed by atoms with Crippen LogP contribution in [0.15, 0.2) is 24.3 Å². The first-order valence-corrected chi connectivity index (χ1v) is 5.18. The molecule has 0 radical (unpaired) electrons. The van der Waals surface area contributed by atoms with E-state index in [1.165, 1.54) is 0 Å². The van der Waals surface area contributed by atoms with Gasteiger partial charge in [0.15, 0.2) is 0 Å².